The Morgan fingerprint density at radius 1 is 1.17 bits per heavy atom. The molecular formula is C17H21ClN2O3S. The quantitative estimate of drug-likeness (QED) is 0.778. The zero-order chi connectivity index (χ0) is 17.5. The fourth-order valence-corrected chi connectivity index (χ4v) is 3.30. The van der Waals surface area contributed by atoms with Gasteiger partial charge in [0.15, 0.2) is 5.76 Å². The Morgan fingerprint density at radius 2 is 1.88 bits per heavy atom. The van der Waals surface area contributed by atoms with Crippen molar-refractivity contribution in [1.82, 2.24) is 10.2 Å². The van der Waals surface area contributed by atoms with Crippen LogP contribution in [0.4, 0.5) is 0 Å². The van der Waals surface area contributed by atoms with E-state index in [1.54, 1.807) is 24.3 Å². The first-order chi connectivity index (χ1) is 11.4. The highest BCUT2D eigenvalue weighted by atomic mass is 35.5. The molecule has 2 aromatic rings. The summed E-state index contributed by atoms with van der Waals surface area (Å²) in [6.07, 6.45) is 0. The number of carbonyl (C=O) groups excluding carboxylic acids is 1. The molecule has 1 aromatic carbocycles. The van der Waals surface area contributed by atoms with E-state index in [9.17, 15) is 9.00 Å². The number of likely N-dealkylation sites (N-methyl/N-ethyl adjacent to an activating group) is 1. The summed E-state index contributed by atoms with van der Waals surface area (Å²) in [7, 11) is 2.76. The van der Waals surface area contributed by atoms with E-state index in [4.69, 9.17) is 16.0 Å². The lowest BCUT2D eigenvalue weighted by Gasteiger charge is -2.09. The molecule has 0 saturated carbocycles. The van der Waals surface area contributed by atoms with E-state index in [0.717, 1.165) is 12.1 Å². The van der Waals surface area contributed by atoms with Crippen molar-refractivity contribution < 1.29 is 13.4 Å². The van der Waals surface area contributed by atoms with Crippen molar-refractivity contribution in [3.63, 3.8) is 0 Å². The maximum Gasteiger partial charge on any atom is 0.287 e. The lowest BCUT2D eigenvalue weighted by molar-refractivity contribution is 0.0922. The molecular weight excluding hydrogens is 348 g/mol. The smallest absolute Gasteiger partial charge is 0.287 e. The van der Waals surface area contributed by atoms with Crippen LogP contribution in [0, 0.1) is 0 Å². The lowest BCUT2D eigenvalue weighted by atomic mass is 10.2. The Balaban J connectivity index is 1.85. The SMILES string of the molecule is CN(C)CCNC(=O)c1ccc(C[S@](=O)Cc2ccc(Cl)cc2)o1. The Bertz CT molecular complexity index is 698. The van der Waals surface area contributed by atoms with Gasteiger partial charge in [-0.1, -0.05) is 23.7 Å². The maximum absolute atomic E-state index is 12.2. The number of hydrogen-bond acceptors (Lipinski definition) is 4. The van der Waals surface area contributed by atoms with Gasteiger partial charge in [-0.05, 0) is 43.9 Å². The molecule has 2 rings (SSSR count). The molecule has 24 heavy (non-hydrogen) atoms. The van der Waals surface area contributed by atoms with E-state index in [1.165, 1.54) is 0 Å². The van der Waals surface area contributed by atoms with Gasteiger partial charge < -0.3 is 14.6 Å². The van der Waals surface area contributed by atoms with Gasteiger partial charge in [-0.2, -0.15) is 0 Å². The maximum atomic E-state index is 12.2. The Labute approximate surface area is 149 Å². The minimum atomic E-state index is -1.12. The summed E-state index contributed by atoms with van der Waals surface area (Å²) in [5.74, 6) is 1.22. The first-order valence-corrected chi connectivity index (χ1v) is 9.41. The van der Waals surface area contributed by atoms with Gasteiger partial charge in [0.25, 0.3) is 5.91 Å². The molecule has 0 aliphatic heterocycles. The molecule has 0 aliphatic carbocycles. The molecule has 1 N–H and O–H groups in total. The van der Waals surface area contributed by atoms with Gasteiger partial charge in [0.05, 0.1) is 5.75 Å². The number of nitrogens with zero attached hydrogens (tertiary/aromatic N) is 1. The van der Waals surface area contributed by atoms with Crippen LogP contribution in [0.25, 0.3) is 0 Å². The first kappa shape index (κ1) is 18.7. The molecule has 1 atom stereocenters. The van der Waals surface area contributed by atoms with E-state index in [-0.39, 0.29) is 17.4 Å². The van der Waals surface area contributed by atoms with Gasteiger partial charge in [-0.3, -0.25) is 9.00 Å². The highest BCUT2D eigenvalue weighted by Gasteiger charge is 2.13. The number of benzene rings is 1. The summed E-state index contributed by atoms with van der Waals surface area (Å²) in [4.78, 5) is 13.9. The van der Waals surface area contributed by atoms with Gasteiger partial charge in [0.2, 0.25) is 0 Å². The molecule has 1 aromatic heterocycles. The van der Waals surface area contributed by atoms with Gasteiger partial charge in [0, 0.05) is 34.7 Å². The monoisotopic (exact) mass is 368 g/mol. The molecule has 5 nitrogen and oxygen atoms in total. The first-order valence-electron chi connectivity index (χ1n) is 7.55. The van der Waals surface area contributed by atoms with Crippen LogP contribution in [-0.2, 0) is 22.3 Å². The topological polar surface area (TPSA) is 62.6 Å². The number of carbonyl (C=O) groups is 1. The van der Waals surface area contributed by atoms with Crippen LogP contribution < -0.4 is 5.32 Å². The molecule has 1 heterocycles. The molecule has 0 fully saturated rings. The minimum absolute atomic E-state index is 0.243. The standard InChI is InChI=1S/C17H21ClN2O3S/c1-20(2)10-9-19-17(21)16-8-7-15(23-16)12-24(22)11-13-3-5-14(18)6-4-13/h3-8H,9-12H2,1-2H3,(H,19,21)/t24-/m1/s1. The highest BCUT2D eigenvalue weighted by Crippen LogP contribution is 2.15. The van der Waals surface area contributed by atoms with E-state index in [0.29, 0.717) is 23.1 Å². The molecule has 0 saturated heterocycles. The van der Waals surface area contributed by atoms with E-state index in [1.807, 2.05) is 31.1 Å². The molecule has 0 unspecified atom stereocenters. The van der Waals surface area contributed by atoms with Crippen LogP contribution in [0.1, 0.15) is 21.9 Å². The van der Waals surface area contributed by atoms with Crippen LogP contribution in [0.5, 0.6) is 0 Å². The van der Waals surface area contributed by atoms with Crippen molar-refractivity contribution >= 4 is 28.3 Å². The number of amides is 1. The van der Waals surface area contributed by atoms with Gasteiger partial charge in [-0.25, -0.2) is 0 Å². The number of hydrogen-bond donors (Lipinski definition) is 1. The van der Waals surface area contributed by atoms with Gasteiger partial charge >= 0.3 is 0 Å². The molecule has 0 bridgehead atoms. The Hall–Kier alpha value is -1.63. The summed E-state index contributed by atoms with van der Waals surface area (Å²) in [6, 6.07) is 10.6. The zero-order valence-electron chi connectivity index (χ0n) is 13.8. The second-order valence-electron chi connectivity index (χ2n) is 5.68. The van der Waals surface area contributed by atoms with Crippen LogP contribution in [0.2, 0.25) is 5.02 Å². The second-order valence-corrected chi connectivity index (χ2v) is 7.57. The van der Waals surface area contributed by atoms with Crippen LogP contribution >= 0.6 is 11.6 Å². The fraction of sp³-hybridized carbons (Fsp3) is 0.353. The van der Waals surface area contributed by atoms with Crippen LogP contribution in [0.3, 0.4) is 0 Å². The van der Waals surface area contributed by atoms with Crippen LogP contribution in [-0.4, -0.2) is 42.2 Å². The summed E-state index contributed by atoms with van der Waals surface area (Å²) < 4.78 is 17.7. The largest absolute Gasteiger partial charge is 0.455 e. The normalized spacial score (nSPS) is 12.3. The molecule has 0 spiro atoms. The summed E-state index contributed by atoms with van der Waals surface area (Å²) in [5, 5.41) is 3.43. The van der Waals surface area contributed by atoms with E-state index >= 15 is 0 Å². The van der Waals surface area contributed by atoms with Crippen molar-refractivity contribution in [2.75, 3.05) is 27.2 Å². The molecule has 130 valence electrons. The van der Waals surface area contributed by atoms with Crippen molar-refractivity contribution in [2.45, 2.75) is 11.5 Å². The Morgan fingerprint density at radius 3 is 2.54 bits per heavy atom. The number of furan rings is 1. The van der Waals surface area contributed by atoms with Crippen molar-refractivity contribution in [1.29, 1.82) is 0 Å². The van der Waals surface area contributed by atoms with Crippen molar-refractivity contribution in [3.8, 4) is 0 Å². The minimum Gasteiger partial charge on any atom is -0.455 e. The summed E-state index contributed by atoms with van der Waals surface area (Å²) >= 11 is 5.83. The highest BCUT2D eigenvalue weighted by molar-refractivity contribution is 7.83. The average molecular weight is 369 g/mol. The van der Waals surface area contributed by atoms with Crippen molar-refractivity contribution in [3.05, 3.63) is 58.5 Å². The average Bonchev–Trinajstić information content (AvgIpc) is 2.97. The fourth-order valence-electron chi connectivity index (χ4n) is 2.03. The molecule has 0 radical (unpaired) electrons. The van der Waals surface area contributed by atoms with Crippen LogP contribution in [0.15, 0.2) is 40.8 Å². The van der Waals surface area contributed by atoms with Gasteiger partial charge in [-0.15, -0.1) is 0 Å². The molecule has 7 heteroatoms. The third-order valence-corrected chi connectivity index (χ3v) is 4.79. The van der Waals surface area contributed by atoms with Crippen molar-refractivity contribution in [2.24, 2.45) is 0 Å². The third kappa shape index (κ3) is 6.11. The zero-order valence-corrected chi connectivity index (χ0v) is 15.3. The third-order valence-electron chi connectivity index (χ3n) is 3.27. The summed E-state index contributed by atoms with van der Waals surface area (Å²) in [5.41, 5.74) is 0.950. The predicted molar refractivity (Wildman–Crippen MR) is 96.6 cm³/mol. The van der Waals surface area contributed by atoms with E-state index < -0.39 is 10.8 Å². The van der Waals surface area contributed by atoms with E-state index in [2.05, 4.69) is 5.32 Å². The lowest BCUT2D eigenvalue weighted by Crippen LogP contribution is -2.31. The predicted octanol–water partition coefficient (Wildman–Crippen LogP) is 2.67. The second kappa shape index (κ2) is 9.01. The summed E-state index contributed by atoms with van der Waals surface area (Å²) in [6.45, 7) is 1.30. The number of halogens is 1. The number of rotatable bonds is 8. The molecule has 1 amide bonds. The Kier molecular flexibility index (Phi) is 7.02. The van der Waals surface area contributed by atoms with Gasteiger partial charge in [0.1, 0.15) is 5.76 Å². The number of nitrogens with one attached hydrogen (secondary N) is 1. The molecule has 0 aliphatic rings.